The molecule has 2 heterocycles. The first-order chi connectivity index (χ1) is 9.04. The van der Waals surface area contributed by atoms with E-state index in [0.717, 1.165) is 0 Å². The fraction of sp³-hybridized carbons (Fsp3) is 0.273. The first-order valence-corrected chi connectivity index (χ1v) is 7.53. The minimum absolute atomic E-state index is 0.0401. The second-order valence-electron chi connectivity index (χ2n) is 3.85. The second-order valence-corrected chi connectivity index (χ2v) is 5.89. The molecule has 2 rings (SSSR count). The molecule has 1 atom stereocenters. The maximum Gasteiger partial charge on any atom is 0.244 e. The van der Waals surface area contributed by atoms with Crippen LogP contribution in [0.4, 0.5) is 0 Å². The predicted octanol–water partition coefficient (Wildman–Crippen LogP) is 1.89. The quantitative estimate of drug-likeness (QED) is 0.825. The maximum absolute atomic E-state index is 12.2. The van der Waals surface area contributed by atoms with Gasteiger partial charge >= 0.3 is 0 Å². The number of aromatic nitrogens is 3. The number of H-pyrrole nitrogens is 1. The SMILES string of the molecule is CCC(NS(=O)(=O)c1cccnc1Cl)c1ncc[nH]1. The Hall–Kier alpha value is -1.44. The monoisotopic (exact) mass is 300 g/mol. The molecule has 0 amide bonds. The van der Waals surface area contributed by atoms with Crippen LogP contribution in [0.5, 0.6) is 0 Å². The summed E-state index contributed by atoms with van der Waals surface area (Å²) in [5.74, 6) is 0.561. The first kappa shape index (κ1) is 14.0. The smallest absolute Gasteiger partial charge is 0.244 e. The van der Waals surface area contributed by atoms with Crippen molar-refractivity contribution in [3.8, 4) is 0 Å². The summed E-state index contributed by atoms with van der Waals surface area (Å²) in [5.41, 5.74) is 0. The molecule has 0 aromatic carbocycles. The summed E-state index contributed by atoms with van der Waals surface area (Å²) in [7, 11) is -3.73. The summed E-state index contributed by atoms with van der Waals surface area (Å²) < 4.78 is 27.0. The number of sulfonamides is 1. The molecule has 0 spiro atoms. The summed E-state index contributed by atoms with van der Waals surface area (Å²) in [4.78, 5) is 10.7. The third kappa shape index (κ3) is 3.12. The minimum Gasteiger partial charge on any atom is -0.347 e. The van der Waals surface area contributed by atoms with E-state index in [1.54, 1.807) is 12.4 Å². The van der Waals surface area contributed by atoms with E-state index in [4.69, 9.17) is 11.6 Å². The minimum atomic E-state index is -3.73. The number of halogens is 1. The van der Waals surface area contributed by atoms with Crippen molar-refractivity contribution < 1.29 is 8.42 Å². The molecule has 6 nitrogen and oxygen atoms in total. The average molecular weight is 301 g/mol. The van der Waals surface area contributed by atoms with Crippen molar-refractivity contribution in [3.05, 3.63) is 41.7 Å². The number of imidazole rings is 1. The van der Waals surface area contributed by atoms with Crippen molar-refractivity contribution in [2.45, 2.75) is 24.3 Å². The number of pyridine rings is 1. The van der Waals surface area contributed by atoms with Gasteiger partial charge in [-0.3, -0.25) is 0 Å². The van der Waals surface area contributed by atoms with E-state index in [0.29, 0.717) is 12.2 Å². The number of aromatic amines is 1. The van der Waals surface area contributed by atoms with E-state index in [1.165, 1.54) is 18.3 Å². The van der Waals surface area contributed by atoms with Gasteiger partial charge < -0.3 is 4.98 Å². The Morgan fingerprint density at radius 2 is 2.21 bits per heavy atom. The zero-order valence-corrected chi connectivity index (χ0v) is 11.7. The lowest BCUT2D eigenvalue weighted by Gasteiger charge is -2.15. The largest absolute Gasteiger partial charge is 0.347 e. The summed E-state index contributed by atoms with van der Waals surface area (Å²) in [5, 5.41) is -0.0516. The van der Waals surface area contributed by atoms with Crippen LogP contribution in [0.15, 0.2) is 35.6 Å². The van der Waals surface area contributed by atoms with Gasteiger partial charge in [-0.25, -0.2) is 23.1 Å². The zero-order valence-electron chi connectivity index (χ0n) is 10.2. The molecular formula is C11H13ClN4O2S. The highest BCUT2D eigenvalue weighted by Crippen LogP contribution is 2.21. The first-order valence-electron chi connectivity index (χ1n) is 5.66. The Bertz CT molecular complexity index is 642. The molecule has 0 saturated heterocycles. The van der Waals surface area contributed by atoms with Gasteiger partial charge in [-0.05, 0) is 18.6 Å². The fourth-order valence-corrected chi connectivity index (χ4v) is 3.36. The second kappa shape index (κ2) is 5.68. The van der Waals surface area contributed by atoms with Crippen LogP contribution in [0, 0.1) is 0 Å². The predicted molar refractivity (Wildman–Crippen MR) is 71.2 cm³/mol. The van der Waals surface area contributed by atoms with Crippen LogP contribution in [0.3, 0.4) is 0 Å². The van der Waals surface area contributed by atoms with E-state index in [2.05, 4.69) is 19.7 Å². The van der Waals surface area contributed by atoms with Gasteiger partial charge in [-0.15, -0.1) is 0 Å². The van der Waals surface area contributed by atoms with Gasteiger partial charge in [0.2, 0.25) is 10.0 Å². The topological polar surface area (TPSA) is 87.7 Å². The van der Waals surface area contributed by atoms with Crippen LogP contribution in [0.25, 0.3) is 0 Å². The molecule has 2 N–H and O–H groups in total. The Morgan fingerprint density at radius 3 is 2.79 bits per heavy atom. The van der Waals surface area contributed by atoms with Crippen molar-refractivity contribution in [1.82, 2.24) is 19.7 Å². The highest BCUT2D eigenvalue weighted by molar-refractivity contribution is 7.89. The van der Waals surface area contributed by atoms with Crippen molar-refractivity contribution in [2.24, 2.45) is 0 Å². The van der Waals surface area contributed by atoms with Gasteiger partial charge in [-0.2, -0.15) is 0 Å². The van der Waals surface area contributed by atoms with E-state index in [1.807, 2.05) is 6.92 Å². The molecule has 0 radical (unpaired) electrons. The van der Waals surface area contributed by atoms with Crippen LogP contribution < -0.4 is 4.72 Å². The van der Waals surface area contributed by atoms with E-state index >= 15 is 0 Å². The third-order valence-electron chi connectivity index (χ3n) is 2.57. The third-order valence-corrected chi connectivity index (χ3v) is 4.49. The summed E-state index contributed by atoms with van der Waals surface area (Å²) in [6, 6.07) is 2.50. The van der Waals surface area contributed by atoms with Crippen LogP contribution in [-0.4, -0.2) is 23.4 Å². The highest BCUT2D eigenvalue weighted by atomic mass is 35.5. The molecular weight excluding hydrogens is 288 g/mol. The van der Waals surface area contributed by atoms with Crippen molar-refractivity contribution in [1.29, 1.82) is 0 Å². The standard InChI is InChI=1S/C11H13ClN4O2S/c1-2-8(11-14-6-7-15-11)16-19(17,18)9-4-3-5-13-10(9)12/h3-8,16H,2H2,1H3,(H,14,15). The van der Waals surface area contributed by atoms with Crippen LogP contribution >= 0.6 is 11.6 Å². The van der Waals surface area contributed by atoms with Crippen molar-refractivity contribution >= 4 is 21.6 Å². The molecule has 2 aromatic rings. The maximum atomic E-state index is 12.2. The van der Waals surface area contributed by atoms with Gasteiger partial charge in [0.1, 0.15) is 15.9 Å². The lowest BCUT2D eigenvalue weighted by Crippen LogP contribution is -2.29. The highest BCUT2D eigenvalue weighted by Gasteiger charge is 2.24. The van der Waals surface area contributed by atoms with Crippen LogP contribution in [0.2, 0.25) is 5.15 Å². The Kier molecular flexibility index (Phi) is 4.18. The van der Waals surface area contributed by atoms with Gasteiger partial charge in [-0.1, -0.05) is 18.5 Å². The summed E-state index contributed by atoms with van der Waals surface area (Å²) in [6.45, 7) is 1.86. The number of hydrogen-bond acceptors (Lipinski definition) is 4. The molecule has 1 unspecified atom stereocenters. The number of nitrogens with zero attached hydrogens (tertiary/aromatic N) is 2. The summed E-state index contributed by atoms with van der Waals surface area (Å²) in [6.07, 6.45) is 5.21. The summed E-state index contributed by atoms with van der Waals surface area (Å²) >= 11 is 5.81. The van der Waals surface area contributed by atoms with E-state index in [9.17, 15) is 8.42 Å². The average Bonchev–Trinajstić information content (AvgIpc) is 2.90. The molecule has 0 aliphatic carbocycles. The Morgan fingerprint density at radius 1 is 1.42 bits per heavy atom. The Balaban J connectivity index is 2.29. The van der Waals surface area contributed by atoms with Crippen molar-refractivity contribution in [3.63, 3.8) is 0 Å². The molecule has 19 heavy (non-hydrogen) atoms. The Labute approximate surface area is 116 Å². The van der Waals surface area contributed by atoms with Gasteiger partial charge in [0.15, 0.2) is 0 Å². The lowest BCUT2D eigenvalue weighted by molar-refractivity contribution is 0.539. The lowest BCUT2D eigenvalue weighted by atomic mass is 10.2. The van der Waals surface area contributed by atoms with Crippen molar-refractivity contribution in [2.75, 3.05) is 0 Å². The molecule has 0 fully saturated rings. The van der Waals surface area contributed by atoms with Gasteiger partial charge in [0, 0.05) is 18.6 Å². The normalized spacial score (nSPS) is 13.4. The van der Waals surface area contributed by atoms with Gasteiger partial charge in [0.05, 0.1) is 6.04 Å². The zero-order chi connectivity index (χ0) is 13.9. The molecule has 0 aliphatic rings. The fourth-order valence-electron chi connectivity index (χ4n) is 1.62. The number of nitrogens with one attached hydrogen (secondary N) is 2. The molecule has 0 aliphatic heterocycles. The van der Waals surface area contributed by atoms with Gasteiger partial charge in [0.25, 0.3) is 0 Å². The molecule has 0 saturated carbocycles. The molecule has 2 aromatic heterocycles. The van der Waals surface area contributed by atoms with E-state index < -0.39 is 16.1 Å². The number of hydrogen-bond donors (Lipinski definition) is 2. The molecule has 8 heteroatoms. The number of rotatable bonds is 5. The van der Waals surface area contributed by atoms with E-state index in [-0.39, 0.29) is 10.0 Å². The van der Waals surface area contributed by atoms with Crippen LogP contribution in [0.1, 0.15) is 25.2 Å². The molecule has 0 bridgehead atoms. The molecule has 102 valence electrons. The van der Waals surface area contributed by atoms with Crippen LogP contribution in [-0.2, 0) is 10.0 Å².